The van der Waals surface area contributed by atoms with Crippen molar-refractivity contribution in [1.29, 1.82) is 0 Å². The highest BCUT2D eigenvalue weighted by Gasteiger charge is 2.09. The van der Waals surface area contributed by atoms with Crippen molar-refractivity contribution >= 4 is 23.2 Å². The Morgan fingerprint density at radius 2 is 1.67 bits per heavy atom. The average molecular weight is 283 g/mol. The molecule has 2 nitrogen and oxygen atoms in total. The summed E-state index contributed by atoms with van der Waals surface area (Å²) in [5.74, 6) is 1.13. The van der Waals surface area contributed by atoms with E-state index in [1.165, 1.54) is 0 Å². The number of hydrogen-bond acceptors (Lipinski definition) is 2. The highest BCUT2D eigenvalue weighted by molar-refractivity contribution is 6.34. The number of aliphatic hydroxyl groups excluding tert-OH is 1. The third kappa shape index (κ3) is 3.16. The first-order valence-electron chi connectivity index (χ1n) is 5.47. The molecule has 0 aliphatic heterocycles. The Balaban J connectivity index is 2.34. The van der Waals surface area contributed by atoms with Gasteiger partial charge in [0.1, 0.15) is 11.5 Å². The Hall–Kier alpha value is -1.22. The molecule has 1 atom stereocenters. The molecule has 0 saturated heterocycles. The zero-order chi connectivity index (χ0) is 13.1. The maximum atomic E-state index is 9.66. The fourth-order valence-electron chi connectivity index (χ4n) is 1.63. The van der Waals surface area contributed by atoms with Crippen molar-refractivity contribution in [3.05, 3.63) is 58.1 Å². The minimum absolute atomic E-state index is 0.507. The van der Waals surface area contributed by atoms with Crippen LogP contribution in [0.4, 0.5) is 0 Å². The third-order valence-electron chi connectivity index (χ3n) is 2.43. The molecule has 0 aliphatic carbocycles. The molecule has 0 spiro atoms. The quantitative estimate of drug-likeness (QED) is 0.873. The van der Waals surface area contributed by atoms with Crippen LogP contribution in [0.3, 0.4) is 0 Å². The van der Waals surface area contributed by atoms with Crippen LogP contribution >= 0.6 is 23.2 Å². The van der Waals surface area contributed by atoms with Crippen LogP contribution in [0.1, 0.15) is 18.6 Å². The molecule has 1 N–H and O–H groups in total. The van der Waals surface area contributed by atoms with E-state index in [2.05, 4.69) is 0 Å². The molecule has 2 aromatic rings. The molecule has 2 aromatic carbocycles. The van der Waals surface area contributed by atoms with Crippen molar-refractivity contribution < 1.29 is 9.84 Å². The monoisotopic (exact) mass is 282 g/mol. The zero-order valence-corrected chi connectivity index (χ0v) is 11.2. The van der Waals surface area contributed by atoms with Crippen molar-refractivity contribution in [3.8, 4) is 11.5 Å². The van der Waals surface area contributed by atoms with Gasteiger partial charge in [0, 0.05) is 15.6 Å². The van der Waals surface area contributed by atoms with E-state index in [4.69, 9.17) is 27.9 Å². The van der Waals surface area contributed by atoms with Gasteiger partial charge in [-0.2, -0.15) is 0 Å². The van der Waals surface area contributed by atoms with E-state index in [-0.39, 0.29) is 0 Å². The lowest BCUT2D eigenvalue weighted by molar-refractivity contribution is 0.195. The molecule has 0 fully saturated rings. The molecule has 0 unspecified atom stereocenters. The summed E-state index contributed by atoms with van der Waals surface area (Å²) in [5, 5.41) is 10.7. The maximum Gasteiger partial charge on any atom is 0.133 e. The third-order valence-corrected chi connectivity index (χ3v) is 2.87. The van der Waals surface area contributed by atoms with E-state index in [0.29, 0.717) is 27.1 Å². The highest BCUT2D eigenvalue weighted by Crippen LogP contribution is 2.32. The van der Waals surface area contributed by atoms with E-state index < -0.39 is 6.10 Å². The van der Waals surface area contributed by atoms with Crippen LogP contribution in [0.15, 0.2) is 42.5 Å². The van der Waals surface area contributed by atoms with Crippen LogP contribution in [-0.4, -0.2) is 5.11 Å². The van der Waals surface area contributed by atoms with E-state index in [1.54, 1.807) is 31.2 Å². The lowest BCUT2D eigenvalue weighted by Crippen LogP contribution is -1.95. The number of para-hydroxylation sites is 1. The molecule has 4 heteroatoms. The fourth-order valence-corrected chi connectivity index (χ4v) is 2.14. The minimum atomic E-state index is -0.601. The first-order chi connectivity index (χ1) is 8.56. The molecule has 0 heterocycles. The molecular weight excluding hydrogens is 271 g/mol. The second-order valence-corrected chi connectivity index (χ2v) is 4.79. The van der Waals surface area contributed by atoms with Crippen LogP contribution in [0.5, 0.6) is 11.5 Å². The van der Waals surface area contributed by atoms with E-state index in [9.17, 15) is 5.11 Å². The number of hydrogen-bond donors (Lipinski definition) is 1. The normalized spacial score (nSPS) is 12.2. The molecule has 0 bridgehead atoms. The fraction of sp³-hybridized carbons (Fsp3) is 0.143. The zero-order valence-electron chi connectivity index (χ0n) is 9.73. The van der Waals surface area contributed by atoms with Gasteiger partial charge in [-0.3, -0.25) is 0 Å². The SMILES string of the molecule is C[C@H](O)c1ccccc1Oc1cc(Cl)cc(Cl)c1. The van der Waals surface area contributed by atoms with E-state index in [0.717, 1.165) is 0 Å². The lowest BCUT2D eigenvalue weighted by atomic mass is 10.1. The van der Waals surface area contributed by atoms with Gasteiger partial charge in [0.15, 0.2) is 0 Å². The number of halogens is 2. The number of aliphatic hydroxyl groups is 1. The van der Waals surface area contributed by atoms with Gasteiger partial charge in [0.2, 0.25) is 0 Å². The second-order valence-electron chi connectivity index (χ2n) is 3.92. The Bertz CT molecular complexity index is 533. The van der Waals surface area contributed by atoms with Crippen LogP contribution in [0.25, 0.3) is 0 Å². The molecule has 0 aliphatic rings. The van der Waals surface area contributed by atoms with Crippen molar-refractivity contribution in [2.45, 2.75) is 13.0 Å². The Morgan fingerprint density at radius 1 is 1.06 bits per heavy atom. The van der Waals surface area contributed by atoms with Gasteiger partial charge in [0.25, 0.3) is 0 Å². The standard InChI is InChI=1S/C14H12Cl2O2/c1-9(17)13-4-2-3-5-14(13)18-12-7-10(15)6-11(16)8-12/h2-9,17H,1H3/t9-/m0/s1. The molecule has 0 amide bonds. The predicted octanol–water partition coefficient (Wildman–Crippen LogP) is 4.84. The molecule has 2 rings (SSSR count). The summed E-state index contributed by atoms with van der Waals surface area (Å²) in [6.07, 6.45) is -0.601. The van der Waals surface area contributed by atoms with Crippen LogP contribution in [0, 0.1) is 0 Å². The van der Waals surface area contributed by atoms with E-state index >= 15 is 0 Å². The van der Waals surface area contributed by atoms with Crippen molar-refractivity contribution in [3.63, 3.8) is 0 Å². The van der Waals surface area contributed by atoms with E-state index in [1.807, 2.05) is 18.2 Å². The number of ether oxygens (including phenoxy) is 1. The molecule has 0 aromatic heterocycles. The van der Waals surface area contributed by atoms with Crippen LogP contribution < -0.4 is 4.74 Å². The Kier molecular flexibility index (Phi) is 4.12. The summed E-state index contributed by atoms with van der Waals surface area (Å²) in [6.45, 7) is 1.69. The summed E-state index contributed by atoms with van der Waals surface area (Å²) in [6, 6.07) is 12.3. The topological polar surface area (TPSA) is 29.5 Å². The maximum absolute atomic E-state index is 9.66. The highest BCUT2D eigenvalue weighted by atomic mass is 35.5. The van der Waals surface area contributed by atoms with Gasteiger partial charge in [-0.25, -0.2) is 0 Å². The summed E-state index contributed by atoms with van der Waals surface area (Å²) < 4.78 is 5.70. The molecule has 0 saturated carbocycles. The molecule has 94 valence electrons. The van der Waals surface area contributed by atoms with Gasteiger partial charge in [-0.15, -0.1) is 0 Å². The number of benzene rings is 2. The largest absolute Gasteiger partial charge is 0.457 e. The summed E-state index contributed by atoms with van der Waals surface area (Å²) in [4.78, 5) is 0. The molecular formula is C14H12Cl2O2. The van der Waals surface area contributed by atoms with Gasteiger partial charge < -0.3 is 9.84 Å². The van der Waals surface area contributed by atoms with Crippen molar-refractivity contribution in [2.75, 3.05) is 0 Å². The van der Waals surface area contributed by atoms with Gasteiger partial charge in [-0.05, 0) is 31.2 Å². The van der Waals surface area contributed by atoms with Gasteiger partial charge >= 0.3 is 0 Å². The van der Waals surface area contributed by atoms with Crippen molar-refractivity contribution in [1.82, 2.24) is 0 Å². The lowest BCUT2D eigenvalue weighted by Gasteiger charge is -2.13. The summed E-state index contributed by atoms with van der Waals surface area (Å²) >= 11 is 11.8. The van der Waals surface area contributed by atoms with Gasteiger partial charge in [0.05, 0.1) is 6.10 Å². The van der Waals surface area contributed by atoms with Crippen LogP contribution in [0.2, 0.25) is 10.0 Å². The Morgan fingerprint density at radius 3 is 2.28 bits per heavy atom. The summed E-state index contributed by atoms with van der Waals surface area (Å²) in [5.41, 5.74) is 0.716. The van der Waals surface area contributed by atoms with Crippen molar-refractivity contribution in [2.24, 2.45) is 0 Å². The molecule has 0 radical (unpaired) electrons. The minimum Gasteiger partial charge on any atom is -0.457 e. The molecule has 18 heavy (non-hydrogen) atoms. The average Bonchev–Trinajstić information content (AvgIpc) is 2.27. The first-order valence-corrected chi connectivity index (χ1v) is 6.23. The smallest absolute Gasteiger partial charge is 0.133 e. The van der Waals surface area contributed by atoms with Gasteiger partial charge in [-0.1, -0.05) is 41.4 Å². The van der Waals surface area contributed by atoms with Crippen LogP contribution in [-0.2, 0) is 0 Å². The number of rotatable bonds is 3. The predicted molar refractivity (Wildman–Crippen MR) is 73.6 cm³/mol. The Labute approximate surface area is 116 Å². The first kappa shape index (κ1) is 13.2. The summed E-state index contributed by atoms with van der Waals surface area (Å²) in [7, 11) is 0. The second kappa shape index (κ2) is 5.61.